The Morgan fingerprint density at radius 2 is 1.58 bits per heavy atom. The van der Waals surface area contributed by atoms with E-state index in [9.17, 15) is 10.2 Å². The fourth-order valence-electron chi connectivity index (χ4n) is 3.33. The van der Waals surface area contributed by atoms with Crippen LogP contribution in [0.1, 0.15) is 84.0 Å². The number of aliphatic hydroxyl groups is 3. The molecule has 0 aliphatic carbocycles. The van der Waals surface area contributed by atoms with Crippen molar-refractivity contribution in [3.63, 3.8) is 0 Å². The van der Waals surface area contributed by atoms with Crippen molar-refractivity contribution in [3.8, 4) is 0 Å². The fourth-order valence-corrected chi connectivity index (χ4v) is 3.33. The van der Waals surface area contributed by atoms with E-state index in [4.69, 9.17) is 14.6 Å². The van der Waals surface area contributed by atoms with E-state index in [1.54, 1.807) is 6.26 Å². The molecule has 0 saturated carbocycles. The summed E-state index contributed by atoms with van der Waals surface area (Å²) in [5, 5.41) is 28.4. The van der Waals surface area contributed by atoms with Gasteiger partial charge < -0.3 is 24.8 Å². The standard InChI is InChI=1S/C21H40O5/c1-2-3-4-5-6-7-8-9-10-11-12-13-14-15-25-19-17-26-21(20(19)24)18(23)16-22/h14-15,18-24H,2-13,16-17H2,1H3/b15-14+/t18-,19+,20+,21+/m1/s1. The van der Waals surface area contributed by atoms with E-state index in [0.717, 1.165) is 12.8 Å². The van der Waals surface area contributed by atoms with E-state index in [1.165, 1.54) is 64.2 Å². The van der Waals surface area contributed by atoms with Crippen LogP contribution < -0.4 is 0 Å². The molecule has 0 unspecified atom stereocenters. The zero-order chi connectivity index (χ0) is 19.0. The summed E-state index contributed by atoms with van der Waals surface area (Å²) in [5.74, 6) is 0. The van der Waals surface area contributed by atoms with Crippen molar-refractivity contribution in [1.29, 1.82) is 0 Å². The average molecular weight is 373 g/mol. The molecule has 5 heteroatoms. The number of hydrogen-bond donors (Lipinski definition) is 3. The van der Waals surface area contributed by atoms with Gasteiger partial charge in [0.2, 0.25) is 0 Å². The van der Waals surface area contributed by atoms with Crippen molar-refractivity contribution in [3.05, 3.63) is 12.3 Å². The first-order chi connectivity index (χ1) is 12.7. The van der Waals surface area contributed by atoms with Crippen LogP contribution >= 0.6 is 0 Å². The summed E-state index contributed by atoms with van der Waals surface area (Å²) in [6.45, 7) is 2.06. The second-order valence-electron chi connectivity index (χ2n) is 7.41. The smallest absolute Gasteiger partial charge is 0.149 e. The number of aliphatic hydroxyl groups excluding tert-OH is 3. The molecular weight excluding hydrogens is 332 g/mol. The fraction of sp³-hybridized carbons (Fsp3) is 0.905. The van der Waals surface area contributed by atoms with Gasteiger partial charge in [-0.3, -0.25) is 0 Å². The number of hydrogen-bond acceptors (Lipinski definition) is 5. The lowest BCUT2D eigenvalue weighted by atomic mass is 10.1. The van der Waals surface area contributed by atoms with Crippen molar-refractivity contribution in [1.82, 2.24) is 0 Å². The van der Waals surface area contributed by atoms with Crippen LogP contribution in [0.5, 0.6) is 0 Å². The van der Waals surface area contributed by atoms with Crippen molar-refractivity contribution < 1.29 is 24.8 Å². The van der Waals surface area contributed by atoms with Crippen molar-refractivity contribution in [2.45, 2.75) is 108 Å². The summed E-state index contributed by atoms with van der Waals surface area (Å²) in [4.78, 5) is 0. The molecule has 0 spiro atoms. The van der Waals surface area contributed by atoms with Gasteiger partial charge in [-0.2, -0.15) is 0 Å². The van der Waals surface area contributed by atoms with Gasteiger partial charge in [-0.15, -0.1) is 0 Å². The van der Waals surface area contributed by atoms with Gasteiger partial charge in [0.25, 0.3) is 0 Å². The molecule has 0 bridgehead atoms. The highest BCUT2D eigenvalue weighted by Gasteiger charge is 2.40. The Balaban J connectivity index is 1.91. The van der Waals surface area contributed by atoms with Crippen molar-refractivity contribution in [2.24, 2.45) is 0 Å². The molecule has 4 atom stereocenters. The van der Waals surface area contributed by atoms with Gasteiger partial charge in [-0.05, 0) is 18.9 Å². The van der Waals surface area contributed by atoms with Gasteiger partial charge in [-0.1, -0.05) is 71.1 Å². The Bertz CT molecular complexity index is 347. The van der Waals surface area contributed by atoms with Crippen LogP contribution in [0.25, 0.3) is 0 Å². The maximum atomic E-state index is 10.00. The minimum absolute atomic E-state index is 0.228. The van der Waals surface area contributed by atoms with Gasteiger partial charge >= 0.3 is 0 Å². The summed E-state index contributed by atoms with van der Waals surface area (Å²) in [6, 6.07) is 0. The van der Waals surface area contributed by atoms with Crippen LogP contribution in [0.3, 0.4) is 0 Å². The average Bonchev–Trinajstić information content (AvgIpc) is 3.02. The SMILES string of the molecule is CCCCCCCCCCCCC/C=C/O[C@H]1CO[C@@H]([C@H](O)CO)[C@H]1O. The summed E-state index contributed by atoms with van der Waals surface area (Å²) in [5.41, 5.74) is 0. The zero-order valence-corrected chi connectivity index (χ0v) is 16.5. The lowest BCUT2D eigenvalue weighted by Crippen LogP contribution is -2.40. The Labute approximate surface area is 159 Å². The molecule has 1 aliphatic rings. The van der Waals surface area contributed by atoms with Gasteiger partial charge in [-0.25, -0.2) is 0 Å². The molecule has 3 N–H and O–H groups in total. The van der Waals surface area contributed by atoms with Crippen LogP contribution in [0, 0.1) is 0 Å². The van der Waals surface area contributed by atoms with E-state index >= 15 is 0 Å². The van der Waals surface area contributed by atoms with Crippen molar-refractivity contribution >= 4 is 0 Å². The Morgan fingerprint density at radius 3 is 2.15 bits per heavy atom. The third-order valence-corrected chi connectivity index (χ3v) is 5.06. The second-order valence-corrected chi connectivity index (χ2v) is 7.41. The normalized spacial score (nSPS) is 24.4. The Morgan fingerprint density at radius 1 is 1.00 bits per heavy atom. The van der Waals surface area contributed by atoms with E-state index in [1.807, 2.05) is 6.08 Å². The van der Waals surface area contributed by atoms with Crippen LogP contribution in [0.4, 0.5) is 0 Å². The number of rotatable bonds is 16. The Hall–Kier alpha value is -0.620. The van der Waals surface area contributed by atoms with Crippen LogP contribution in [-0.4, -0.2) is 52.9 Å². The van der Waals surface area contributed by atoms with Gasteiger partial charge in [0.1, 0.15) is 24.4 Å². The maximum Gasteiger partial charge on any atom is 0.149 e. The predicted molar refractivity (Wildman–Crippen MR) is 104 cm³/mol. The van der Waals surface area contributed by atoms with Crippen LogP contribution in [-0.2, 0) is 9.47 Å². The molecule has 0 amide bonds. The van der Waals surface area contributed by atoms with E-state index < -0.39 is 31.0 Å². The highest BCUT2D eigenvalue weighted by Crippen LogP contribution is 2.20. The second kappa shape index (κ2) is 15.4. The molecule has 154 valence electrons. The minimum atomic E-state index is -1.07. The molecule has 0 aromatic rings. The molecular formula is C21H40O5. The van der Waals surface area contributed by atoms with Gasteiger partial charge in [0.15, 0.2) is 0 Å². The summed E-state index contributed by atoms with van der Waals surface area (Å²) >= 11 is 0. The lowest BCUT2D eigenvalue weighted by molar-refractivity contribution is -0.0689. The third kappa shape index (κ3) is 9.91. The predicted octanol–water partition coefficient (Wildman–Crippen LogP) is 3.70. The highest BCUT2D eigenvalue weighted by atomic mass is 16.6. The maximum absolute atomic E-state index is 10.00. The topological polar surface area (TPSA) is 79.2 Å². The number of unbranched alkanes of at least 4 members (excludes halogenated alkanes) is 11. The monoisotopic (exact) mass is 372 g/mol. The van der Waals surface area contributed by atoms with Gasteiger partial charge in [0.05, 0.1) is 19.5 Å². The number of ether oxygens (including phenoxy) is 2. The molecule has 0 aromatic heterocycles. The Kier molecular flexibility index (Phi) is 13.9. The molecule has 1 rings (SSSR count). The van der Waals surface area contributed by atoms with Crippen LogP contribution in [0.2, 0.25) is 0 Å². The summed E-state index contributed by atoms with van der Waals surface area (Å²) in [6.07, 6.45) is 16.1. The molecule has 5 nitrogen and oxygen atoms in total. The first-order valence-corrected chi connectivity index (χ1v) is 10.6. The molecule has 26 heavy (non-hydrogen) atoms. The van der Waals surface area contributed by atoms with E-state index in [-0.39, 0.29) is 6.61 Å². The molecule has 1 aliphatic heterocycles. The summed E-state index contributed by atoms with van der Waals surface area (Å²) in [7, 11) is 0. The zero-order valence-electron chi connectivity index (χ0n) is 16.5. The molecule has 0 aromatic carbocycles. The molecule has 1 heterocycles. The number of allylic oxidation sites excluding steroid dienone is 1. The first kappa shape index (κ1) is 23.4. The molecule has 1 fully saturated rings. The molecule has 1 saturated heterocycles. The molecule has 0 radical (unpaired) electrons. The van der Waals surface area contributed by atoms with Gasteiger partial charge in [0, 0.05) is 0 Å². The first-order valence-electron chi connectivity index (χ1n) is 10.6. The quantitative estimate of drug-likeness (QED) is 0.284. The third-order valence-electron chi connectivity index (χ3n) is 5.06. The largest absolute Gasteiger partial charge is 0.493 e. The van der Waals surface area contributed by atoms with E-state index in [2.05, 4.69) is 6.92 Å². The summed E-state index contributed by atoms with van der Waals surface area (Å²) < 4.78 is 10.8. The van der Waals surface area contributed by atoms with E-state index in [0.29, 0.717) is 0 Å². The van der Waals surface area contributed by atoms with Crippen LogP contribution in [0.15, 0.2) is 12.3 Å². The lowest BCUT2D eigenvalue weighted by Gasteiger charge is -2.20. The highest BCUT2D eigenvalue weighted by molar-refractivity contribution is 4.90. The van der Waals surface area contributed by atoms with Crippen molar-refractivity contribution in [2.75, 3.05) is 13.2 Å². The minimum Gasteiger partial charge on any atom is -0.493 e.